The van der Waals surface area contributed by atoms with Gasteiger partial charge >= 0.3 is 5.97 Å². The Hall–Kier alpha value is -1.77. The number of fused-ring (bicyclic) bond motifs is 1. The van der Waals surface area contributed by atoms with Crippen molar-refractivity contribution < 1.29 is 9.53 Å². The fourth-order valence-electron chi connectivity index (χ4n) is 1.75. The number of esters is 1. The van der Waals surface area contributed by atoms with Crippen molar-refractivity contribution in [2.75, 3.05) is 7.11 Å². The Labute approximate surface area is 88.1 Å². The van der Waals surface area contributed by atoms with Crippen LogP contribution in [0.4, 0.5) is 0 Å². The van der Waals surface area contributed by atoms with E-state index in [2.05, 4.69) is 22.7 Å². The third-order valence-electron chi connectivity index (χ3n) is 2.54. The lowest BCUT2D eigenvalue weighted by molar-refractivity contribution is 0.0595. The summed E-state index contributed by atoms with van der Waals surface area (Å²) in [6.07, 6.45) is 0.954. The Morgan fingerprint density at radius 2 is 2.27 bits per heavy atom. The predicted octanol–water partition coefficient (Wildman–Crippen LogP) is 2.52. The maximum absolute atomic E-state index is 11.3. The standard InChI is InChI=1S/C12H13NO2/c1-3-8-5-4-6-10-9(8)7-11(13-10)12(14)15-2/h4-7,13H,3H2,1-2H3. The van der Waals surface area contributed by atoms with E-state index in [0.717, 1.165) is 17.3 Å². The average molecular weight is 203 g/mol. The molecule has 0 bridgehead atoms. The molecule has 2 aromatic rings. The molecule has 1 heterocycles. The summed E-state index contributed by atoms with van der Waals surface area (Å²) in [5.41, 5.74) is 2.72. The van der Waals surface area contributed by atoms with Crippen LogP contribution in [0.1, 0.15) is 23.0 Å². The maximum Gasteiger partial charge on any atom is 0.354 e. The van der Waals surface area contributed by atoms with Crippen LogP contribution in [0.15, 0.2) is 24.3 Å². The average Bonchev–Trinajstić information content (AvgIpc) is 2.71. The SMILES string of the molecule is CCc1cccc2[nH]c(C(=O)OC)cc12. The maximum atomic E-state index is 11.3. The fraction of sp³-hybridized carbons (Fsp3) is 0.250. The van der Waals surface area contributed by atoms with Crippen molar-refractivity contribution in [3.8, 4) is 0 Å². The second kappa shape index (κ2) is 3.77. The number of aromatic amines is 1. The second-order valence-electron chi connectivity index (χ2n) is 3.41. The molecule has 78 valence electrons. The summed E-state index contributed by atoms with van der Waals surface area (Å²) in [6, 6.07) is 7.86. The highest BCUT2D eigenvalue weighted by molar-refractivity contribution is 5.95. The smallest absolute Gasteiger partial charge is 0.354 e. The Morgan fingerprint density at radius 3 is 2.93 bits per heavy atom. The summed E-state index contributed by atoms with van der Waals surface area (Å²) in [7, 11) is 1.38. The lowest BCUT2D eigenvalue weighted by Gasteiger charge is -1.96. The van der Waals surface area contributed by atoms with Crippen LogP contribution in [-0.4, -0.2) is 18.1 Å². The molecule has 0 fully saturated rings. The molecule has 0 aliphatic carbocycles. The Balaban J connectivity index is 2.60. The number of hydrogen-bond acceptors (Lipinski definition) is 2. The normalized spacial score (nSPS) is 10.5. The van der Waals surface area contributed by atoms with Crippen molar-refractivity contribution in [2.24, 2.45) is 0 Å². The van der Waals surface area contributed by atoms with Crippen molar-refractivity contribution in [3.63, 3.8) is 0 Å². The van der Waals surface area contributed by atoms with Crippen LogP contribution in [-0.2, 0) is 11.2 Å². The Kier molecular flexibility index (Phi) is 2.46. The highest BCUT2D eigenvalue weighted by atomic mass is 16.5. The number of ether oxygens (including phenoxy) is 1. The summed E-state index contributed by atoms with van der Waals surface area (Å²) >= 11 is 0. The van der Waals surface area contributed by atoms with Gasteiger partial charge in [0.15, 0.2) is 0 Å². The fourth-order valence-corrected chi connectivity index (χ4v) is 1.75. The van der Waals surface area contributed by atoms with Gasteiger partial charge in [-0.1, -0.05) is 19.1 Å². The van der Waals surface area contributed by atoms with Gasteiger partial charge in [-0.3, -0.25) is 0 Å². The van der Waals surface area contributed by atoms with Gasteiger partial charge in [-0.15, -0.1) is 0 Å². The van der Waals surface area contributed by atoms with Crippen LogP contribution in [0.3, 0.4) is 0 Å². The number of rotatable bonds is 2. The first-order valence-corrected chi connectivity index (χ1v) is 4.95. The van der Waals surface area contributed by atoms with E-state index in [0.29, 0.717) is 5.69 Å². The van der Waals surface area contributed by atoms with Gasteiger partial charge in [0.05, 0.1) is 7.11 Å². The third-order valence-corrected chi connectivity index (χ3v) is 2.54. The number of hydrogen-bond donors (Lipinski definition) is 1. The van der Waals surface area contributed by atoms with Crippen LogP contribution in [0.5, 0.6) is 0 Å². The van der Waals surface area contributed by atoms with Gasteiger partial charge < -0.3 is 9.72 Å². The molecule has 0 radical (unpaired) electrons. The monoisotopic (exact) mass is 203 g/mol. The molecule has 0 saturated carbocycles. The van der Waals surface area contributed by atoms with E-state index in [-0.39, 0.29) is 5.97 Å². The first-order chi connectivity index (χ1) is 7.26. The molecule has 0 unspecified atom stereocenters. The van der Waals surface area contributed by atoms with Gasteiger partial charge in [0.25, 0.3) is 0 Å². The van der Waals surface area contributed by atoms with Gasteiger partial charge in [-0.05, 0) is 24.1 Å². The van der Waals surface area contributed by atoms with Crippen molar-refractivity contribution in [1.82, 2.24) is 4.98 Å². The van der Waals surface area contributed by atoms with Crippen LogP contribution in [0.25, 0.3) is 10.9 Å². The molecular formula is C12H13NO2. The Morgan fingerprint density at radius 1 is 1.47 bits per heavy atom. The van der Waals surface area contributed by atoms with Crippen LogP contribution in [0.2, 0.25) is 0 Å². The van der Waals surface area contributed by atoms with E-state index >= 15 is 0 Å². The second-order valence-corrected chi connectivity index (χ2v) is 3.41. The van der Waals surface area contributed by atoms with Gasteiger partial charge in [0.2, 0.25) is 0 Å². The van der Waals surface area contributed by atoms with E-state index in [1.165, 1.54) is 12.7 Å². The van der Waals surface area contributed by atoms with Crippen molar-refractivity contribution in [1.29, 1.82) is 0 Å². The highest BCUT2D eigenvalue weighted by Crippen LogP contribution is 2.20. The molecule has 1 aromatic heterocycles. The number of carbonyl (C=O) groups is 1. The number of nitrogens with one attached hydrogen (secondary N) is 1. The highest BCUT2D eigenvalue weighted by Gasteiger charge is 2.10. The molecule has 0 atom stereocenters. The van der Waals surface area contributed by atoms with Gasteiger partial charge in [-0.25, -0.2) is 4.79 Å². The number of aromatic nitrogens is 1. The van der Waals surface area contributed by atoms with E-state index in [4.69, 9.17) is 0 Å². The van der Waals surface area contributed by atoms with Crippen LogP contribution >= 0.6 is 0 Å². The van der Waals surface area contributed by atoms with Crippen molar-refractivity contribution in [2.45, 2.75) is 13.3 Å². The molecule has 0 aliphatic heterocycles. The molecule has 0 amide bonds. The van der Waals surface area contributed by atoms with Gasteiger partial charge in [0, 0.05) is 10.9 Å². The molecule has 1 N–H and O–H groups in total. The molecule has 0 aliphatic rings. The largest absolute Gasteiger partial charge is 0.464 e. The molecule has 3 heteroatoms. The molecule has 0 spiro atoms. The summed E-state index contributed by atoms with van der Waals surface area (Å²) in [6.45, 7) is 2.10. The zero-order valence-corrected chi connectivity index (χ0v) is 8.83. The summed E-state index contributed by atoms with van der Waals surface area (Å²) in [5, 5.41) is 1.10. The van der Waals surface area contributed by atoms with E-state index < -0.39 is 0 Å². The van der Waals surface area contributed by atoms with E-state index in [9.17, 15) is 4.79 Å². The lowest BCUT2D eigenvalue weighted by Crippen LogP contribution is -2.00. The number of H-pyrrole nitrogens is 1. The first-order valence-electron chi connectivity index (χ1n) is 4.95. The molecule has 15 heavy (non-hydrogen) atoms. The molecule has 3 nitrogen and oxygen atoms in total. The minimum absolute atomic E-state index is 0.326. The topological polar surface area (TPSA) is 42.1 Å². The summed E-state index contributed by atoms with van der Waals surface area (Å²) in [4.78, 5) is 14.4. The third kappa shape index (κ3) is 1.61. The summed E-state index contributed by atoms with van der Waals surface area (Å²) in [5.74, 6) is -0.326. The molecule has 0 saturated heterocycles. The van der Waals surface area contributed by atoms with Gasteiger partial charge in [0.1, 0.15) is 5.69 Å². The zero-order valence-electron chi connectivity index (χ0n) is 8.83. The Bertz CT molecular complexity index is 499. The molecule has 2 rings (SSSR count). The lowest BCUT2D eigenvalue weighted by atomic mass is 10.1. The minimum Gasteiger partial charge on any atom is -0.464 e. The number of carbonyl (C=O) groups excluding carboxylic acids is 1. The van der Waals surface area contributed by atoms with E-state index in [1.54, 1.807) is 0 Å². The van der Waals surface area contributed by atoms with Crippen molar-refractivity contribution in [3.05, 3.63) is 35.5 Å². The minimum atomic E-state index is -0.326. The van der Waals surface area contributed by atoms with Crippen LogP contribution in [0, 0.1) is 0 Å². The van der Waals surface area contributed by atoms with E-state index in [1.807, 2.05) is 18.2 Å². The number of aryl methyl sites for hydroxylation is 1. The van der Waals surface area contributed by atoms with Gasteiger partial charge in [-0.2, -0.15) is 0 Å². The predicted molar refractivity (Wildman–Crippen MR) is 59.0 cm³/mol. The number of methoxy groups -OCH3 is 1. The number of benzene rings is 1. The van der Waals surface area contributed by atoms with Crippen LogP contribution < -0.4 is 0 Å². The zero-order chi connectivity index (χ0) is 10.8. The molecule has 1 aromatic carbocycles. The summed E-state index contributed by atoms with van der Waals surface area (Å²) < 4.78 is 4.67. The quantitative estimate of drug-likeness (QED) is 0.762. The molecular weight excluding hydrogens is 190 g/mol. The first kappa shape index (κ1) is 9.77. The van der Waals surface area contributed by atoms with Crippen molar-refractivity contribution >= 4 is 16.9 Å².